The van der Waals surface area contributed by atoms with E-state index < -0.39 is 0 Å². The third kappa shape index (κ3) is 5.47. The summed E-state index contributed by atoms with van der Waals surface area (Å²) in [6, 6.07) is 10.2. The summed E-state index contributed by atoms with van der Waals surface area (Å²) in [5.41, 5.74) is 1.30. The average Bonchev–Trinajstić information content (AvgIpc) is 3.31. The van der Waals surface area contributed by atoms with E-state index in [1.807, 2.05) is 23.1 Å². The molecule has 2 amide bonds. The number of rotatable bonds is 7. The van der Waals surface area contributed by atoms with E-state index in [0.29, 0.717) is 13.0 Å². The highest BCUT2D eigenvalue weighted by atomic mass is 32.2. The van der Waals surface area contributed by atoms with E-state index in [-0.39, 0.29) is 23.8 Å². The van der Waals surface area contributed by atoms with Crippen LogP contribution in [0.25, 0.3) is 0 Å². The van der Waals surface area contributed by atoms with Crippen molar-refractivity contribution in [1.29, 1.82) is 0 Å². The predicted molar refractivity (Wildman–Crippen MR) is 101 cm³/mol. The van der Waals surface area contributed by atoms with Gasteiger partial charge in [-0.25, -0.2) is 0 Å². The van der Waals surface area contributed by atoms with E-state index in [1.165, 1.54) is 5.56 Å². The van der Waals surface area contributed by atoms with Crippen LogP contribution in [0.15, 0.2) is 30.3 Å². The van der Waals surface area contributed by atoms with Crippen LogP contribution in [0.4, 0.5) is 0 Å². The zero-order chi connectivity index (χ0) is 17.5. The van der Waals surface area contributed by atoms with Crippen LogP contribution in [0.3, 0.4) is 0 Å². The molecule has 1 unspecified atom stereocenters. The van der Waals surface area contributed by atoms with Crippen molar-refractivity contribution in [1.82, 2.24) is 15.5 Å². The molecule has 0 aromatic heterocycles. The molecule has 136 valence electrons. The van der Waals surface area contributed by atoms with E-state index >= 15 is 0 Å². The van der Waals surface area contributed by atoms with Gasteiger partial charge in [-0.05, 0) is 37.3 Å². The molecule has 0 spiro atoms. The smallest absolute Gasteiger partial charge is 0.240 e. The molecular formula is C19H27N3O2S. The van der Waals surface area contributed by atoms with Gasteiger partial charge >= 0.3 is 0 Å². The van der Waals surface area contributed by atoms with Crippen LogP contribution in [-0.4, -0.2) is 54.0 Å². The zero-order valence-electron chi connectivity index (χ0n) is 14.6. The van der Waals surface area contributed by atoms with Crippen LogP contribution >= 0.6 is 11.8 Å². The first-order valence-corrected chi connectivity index (χ1v) is 10.3. The predicted octanol–water partition coefficient (Wildman–Crippen LogP) is 1.64. The molecule has 1 aromatic carbocycles. The lowest BCUT2D eigenvalue weighted by molar-refractivity contribution is -0.131. The summed E-state index contributed by atoms with van der Waals surface area (Å²) in [4.78, 5) is 26.4. The number of nitrogens with zero attached hydrogens (tertiary/aromatic N) is 1. The first-order valence-electron chi connectivity index (χ1n) is 9.13. The van der Waals surface area contributed by atoms with Gasteiger partial charge < -0.3 is 15.5 Å². The SMILES string of the molecule is O=C(CC1CN[C@H](C(=O)N2CCSC2)C1)NCCCc1ccccc1. The summed E-state index contributed by atoms with van der Waals surface area (Å²) in [5.74, 6) is 2.41. The molecule has 5 nitrogen and oxygen atoms in total. The van der Waals surface area contributed by atoms with Crippen molar-refractivity contribution in [2.45, 2.75) is 31.7 Å². The number of nitrogens with one attached hydrogen (secondary N) is 2. The monoisotopic (exact) mass is 361 g/mol. The van der Waals surface area contributed by atoms with E-state index in [0.717, 1.165) is 44.0 Å². The molecule has 2 saturated heterocycles. The second-order valence-electron chi connectivity index (χ2n) is 6.84. The van der Waals surface area contributed by atoms with Gasteiger partial charge in [-0.15, -0.1) is 11.8 Å². The molecule has 2 aliphatic heterocycles. The van der Waals surface area contributed by atoms with E-state index in [2.05, 4.69) is 22.8 Å². The summed E-state index contributed by atoms with van der Waals surface area (Å²) < 4.78 is 0. The summed E-state index contributed by atoms with van der Waals surface area (Å²) in [5, 5.41) is 6.31. The summed E-state index contributed by atoms with van der Waals surface area (Å²) >= 11 is 1.80. The molecule has 1 aromatic rings. The molecule has 2 heterocycles. The minimum Gasteiger partial charge on any atom is -0.356 e. The Bertz CT molecular complexity index is 575. The second kappa shape index (κ2) is 9.25. The highest BCUT2D eigenvalue weighted by molar-refractivity contribution is 7.99. The molecule has 0 bridgehead atoms. The fourth-order valence-electron chi connectivity index (χ4n) is 3.46. The van der Waals surface area contributed by atoms with Crippen molar-refractivity contribution in [3.63, 3.8) is 0 Å². The third-order valence-corrected chi connectivity index (χ3v) is 5.83. The Balaban J connectivity index is 1.31. The van der Waals surface area contributed by atoms with Gasteiger partial charge in [0.2, 0.25) is 11.8 Å². The summed E-state index contributed by atoms with van der Waals surface area (Å²) in [6.45, 7) is 2.32. The number of amides is 2. The number of carbonyl (C=O) groups is 2. The maximum Gasteiger partial charge on any atom is 0.240 e. The third-order valence-electron chi connectivity index (χ3n) is 4.87. The van der Waals surface area contributed by atoms with Crippen molar-refractivity contribution in [2.24, 2.45) is 5.92 Å². The molecule has 0 saturated carbocycles. The number of carbonyl (C=O) groups excluding carboxylic acids is 2. The molecule has 2 aliphatic rings. The van der Waals surface area contributed by atoms with Gasteiger partial charge in [0.25, 0.3) is 0 Å². The largest absolute Gasteiger partial charge is 0.356 e. The van der Waals surface area contributed by atoms with Gasteiger partial charge in [0.1, 0.15) is 0 Å². The van der Waals surface area contributed by atoms with Crippen LogP contribution in [0.5, 0.6) is 0 Å². The van der Waals surface area contributed by atoms with Crippen molar-refractivity contribution in [3.05, 3.63) is 35.9 Å². The number of hydrogen-bond acceptors (Lipinski definition) is 4. The molecule has 2 atom stereocenters. The molecule has 2 fully saturated rings. The molecular weight excluding hydrogens is 334 g/mol. The Hall–Kier alpha value is -1.53. The van der Waals surface area contributed by atoms with Crippen LogP contribution in [0.1, 0.15) is 24.8 Å². The number of benzene rings is 1. The fraction of sp³-hybridized carbons (Fsp3) is 0.579. The Morgan fingerprint density at radius 3 is 2.88 bits per heavy atom. The minimum atomic E-state index is -0.102. The lowest BCUT2D eigenvalue weighted by Gasteiger charge is -2.19. The normalized spacial score (nSPS) is 23.0. The Morgan fingerprint density at radius 1 is 1.28 bits per heavy atom. The average molecular weight is 362 g/mol. The summed E-state index contributed by atoms with van der Waals surface area (Å²) in [6.07, 6.45) is 3.22. The first kappa shape index (κ1) is 18.3. The summed E-state index contributed by atoms with van der Waals surface area (Å²) in [7, 11) is 0. The van der Waals surface area contributed by atoms with Crippen molar-refractivity contribution >= 4 is 23.6 Å². The quantitative estimate of drug-likeness (QED) is 0.725. The van der Waals surface area contributed by atoms with Gasteiger partial charge in [-0.2, -0.15) is 0 Å². The molecule has 0 aliphatic carbocycles. The number of thioether (sulfide) groups is 1. The molecule has 0 radical (unpaired) electrons. The van der Waals surface area contributed by atoms with E-state index in [4.69, 9.17) is 0 Å². The lowest BCUT2D eigenvalue weighted by atomic mass is 10.0. The van der Waals surface area contributed by atoms with E-state index in [9.17, 15) is 9.59 Å². The fourth-order valence-corrected chi connectivity index (χ4v) is 4.42. The van der Waals surface area contributed by atoms with Crippen LogP contribution in [0.2, 0.25) is 0 Å². The Morgan fingerprint density at radius 2 is 2.12 bits per heavy atom. The van der Waals surface area contributed by atoms with Crippen LogP contribution < -0.4 is 10.6 Å². The van der Waals surface area contributed by atoms with Crippen LogP contribution in [0, 0.1) is 5.92 Å². The van der Waals surface area contributed by atoms with Gasteiger partial charge in [0, 0.05) is 25.3 Å². The van der Waals surface area contributed by atoms with Gasteiger partial charge in [-0.1, -0.05) is 30.3 Å². The number of aryl methyl sites for hydroxylation is 1. The van der Waals surface area contributed by atoms with Crippen molar-refractivity contribution in [2.75, 3.05) is 31.3 Å². The molecule has 25 heavy (non-hydrogen) atoms. The topological polar surface area (TPSA) is 61.4 Å². The van der Waals surface area contributed by atoms with Crippen LogP contribution in [-0.2, 0) is 16.0 Å². The van der Waals surface area contributed by atoms with Crippen molar-refractivity contribution < 1.29 is 9.59 Å². The highest BCUT2D eigenvalue weighted by Gasteiger charge is 2.33. The Labute approximate surface area is 153 Å². The molecule has 6 heteroatoms. The molecule has 2 N–H and O–H groups in total. The first-order chi connectivity index (χ1) is 12.2. The standard InChI is InChI=1S/C19H27N3O2S/c23-18(20-8-4-7-15-5-2-1-3-6-15)12-16-11-17(21-13-16)19(24)22-9-10-25-14-22/h1-3,5-6,16-17,21H,4,7-14H2,(H,20,23)/t16?,17-/m0/s1. The van der Waals surface area contributed by atoms with Crippen molar-refractivity contribution in [3.8, 4) is 0 Å². The van der Waals surface area contributed by atoms with Gasteiger partial charge in [-0.3, -0.25) is 9.59 Å². The highest BCUT2D eigenvalue weighted by Crippen LogP contribution is 2.22. The Kier molecular flexibility index (Phi) is 6.76. The van der Waals surface area contributed by atoms with Gasteiger partial charge in [0.15, 0.2) is 0 Å². The second-order valence-corrected chi connectivity index (χ2v) is 7.92. The maximum absolute atomic E-state index is 12.4. The minimum absolute atomic E-state index is 0.102. The maximum atomic E-state index is 12.4. The number of hydrogen-bond donors (Lipinski definition) is 2. The lowest BCUT2D eigenvalue weighted by Crippen LogP contribution is -2.42. The molecule has 3 rings (SSSR count). The van der Waals surface area contributed by atoms with Gasteiger partial charge in [0.05, 0.1) is 11.9 Å². The zero-order valence-corrected chi connectivity index (χ0v) is 15.4. The van der Waals surface area contributed by atoms with E-state index in [1.54, 1.807) is 11.8 Å².